The molecule has 1 aliphatic rings. The van der Waals surface area contributed by atoms with E-state index >= 15 is 0 Å². The van der Waals surface area contributed by atoms with Gasteiger partial charge in [0.05, 0.1) is 18.6 Å². The topological polar surface area (TPSA) is 101 Å². The minimum Gasteiger partial charge on any atom is -0.495 e. The smallest absolute Gasteiger partial charge is 0.433 e. The molecule has 0 spiro atoms. The largest absolute Gasteiger partial charge is 0.495 e. The molecule has 1 aromatic carbocycles. The molecule has 212 valence electrons. The van der Waals surface area contributed by atoms with E-state index in [0.717, 1.165) is 24.5 Å². The number of aryl methyl sites for hydroxylation is 1. The molecular formula is C29H36F3N3O4. The van der Waals surface area contributed by atoms with E-state index in [9.17, 15) is 22.8 Å². The molecule has 0 bridgehead atoms. The Morgan fingerprint density at radius 1 is 1.18 bits per heavy atom. The number of methoxy groups -OCH3 is 1. The second-order valence-electron chi connectivity index (χ2n) is 10.3. The lowest BCUT2D eigenvalue weighted by atomic mass is 9.82. The Morgan fingerprint density at radius 3 is 2.44 bits per heavy atom. The maximum Gasteiger partial charge on any atom is 0.433 e. The molecule has 2 aromatic rings. The number of carbonyl (C=O) groups is 2. The monoisotopic (exact) mass is 547 g/mol. The lowest BCUT2D eigenvalue weighted by Crippen LogP contribution is -2.34. The summed E-state index contributed by atoms with van der Waals surface area (Å²) < 4.78 is 45.8. The first-order valence-corrected chi connectivity index (χ1v) is 13.0. The molecule has 1 heterocycles. The zero-order chi connectivity index (χ0) is 28.8. The molecule has 0 unspecified atom stereocenters. The number of carboxylic acids is 1. The number of anilines is 1. The average Bonchev–Trinajstić information content (AvgIpc) is 2.91. The third-order valence-electron chi connectivity index (χ3n) is 7.39. The van der Waals surface area contributed by atoms with Gasteiger partial charge in [-0.25, -0.2) is 4.98 Å². The van der Waals surface area contributed by atoms with Crippen molar-refractivity contribution in [3.63, 3.8) is 0 Å². The lowest BCUT2D eigenvalue weighted by molar-refractivity contribution is -0.143. The van der Waals surface area contributed by atoms with Gasteiger partial charge >= 0.3 is 12.1 Å². The van der Waals surface area contributed by atoms with Crippen LogP contribution in [0, 0.1) is 18.8 Å². The van der Waals surface area contributed by atoms with Gasteiger partial charge in [0, 0.05) is 17.8 Å². The summed E-state index contributed by atoms with van der Waals surface area (Å²) in [5.41, 5.74) is -0.0818. The first-order valence-electron chi connectivity index (χ1n) is 13.0. The Morgan fingerprint density at radius 2 is 1.87 bits per heavy atom. The number of carbonyl (C=O) groups excluding carboxylic acids is 1. The van der Waals surface area contributed by atoms with Gasteiger partial charge in [0.25, 0.3) is 5.91 Å². The molecule has 0 radical (unpaired) electrons. The first kappa shape index (κ1) is 30.0. The molecule has 10 heteroatoms. The fraction of sp³-hybridized carbons (Fsp3) is 0.483. The maximum absolute atomic E-state index is 13.5. The van der Waals surface area contributed by atoms with Crippen molar-refractivity contribution in [2.24, 2.45) is 11.8 Å². The van der Waals surface area contributed by atoms with Crippen molar-refractivity contribution < 1.29 is 32.6 Å². The highest BCUT2D eigenvalue weighted by Gasteiger charge is 2.37. The summed E-state index contributed by atoms with van der Waals surface area (Å²) in [6, 6.07) is 7.29. The molecule has 39 heavy (non-hydrogen) atoms. The van der Waals surface area contributed by atoms with Crippen molar-refractivity contribution in [1.29, 1.82) is 0 Å². The van der Waals surface area contributed by atoms with Crippen LogP contribution in [0.15, 0.2) is 43.0 Å². The first-order chi connectivity index (χ1) is 18.4. The van der Waals surface area contributed by atoms with E-state index < -0.39 is 23.4 Å². The molecule has 1 aliphatic carbocycles. The predicted molar refractivity (Wildman–Crippen MR) is 143 cm³/mol. The number of benzene rings is 1. The fourth-order valence-electron chi connectivity index (χ4n) is 4.99. The van der Waals surface area contributed by atoms with Gasteiger partial charge in [-0.05, 0) is 94.2 Å². The predicted octanol–water partition coefficient (Wildman–Crippen LogP) is 6.33. The molecule has 0 saturated heterocycles. The van der Waals surface area contributed by atoms with Gasteiger partial charge in [0.15, 0.2) is 0 Å². The Hall–Kier alpha value is -3.56. The zero-order valence-corrected chi connectivity index (χ0v) is 22.5. The van der Waals surface area contributed by atoms with Crippen molar-refractivity contribution in [2.45, 2.75) is 64.1 Å². The Kier molecular flexibility index (Phi) is 9.63. The van der Waals surface area contributed by atoms with E-state index in [2.05, 4.69) is 22.2 Å². The Labute approximate surface area is 226 Å². The summed E-state index contributed by atoms with van der Waals surface area (Å²) in [5, 5.41) is 15.5. The highest BCUT2D eigenvalue weighted by Crippen LogP contribution is 2.39. The number of nitrogens with zero attached hydrogens (tertiary/aromatic N) is 1. The van der Waals surface area contributed by atoms with Crippen molar-refractivity contribution in [2.75, 3.05) is 19.0 Å². The number of aliphatic carboxylic acids is 1. The summed E-state index contributed by atoms with van der Waals surface area (Å²) in [7, 11) is 1.39. The molecule has 3 rings (SSSR count). The van der Waals surface area contributed by atoms with Crippen molar-refractivity contribution in [1.82, 2.24) is 10.3 Å². The van der Waals surface area contributed by atoms with Gasteiger partial charge in [-0.2, -0.15) is 13.2 Å². The number of aromatic nitrogens is 1. The summed E-state index contributed by atoms with van der Waals surface area (Å²) >= 11 is 0. The highest BCUT2D eigenvalue weighted by atomic mass is 19.4. The van der Waals surface area contributed by atoms with Crippen LogP contribution in [0.1, 0.15) is 72.8 Å². The number of allylic oxidation sites excluding steroid dienone is 1. The minimum absolute atomic E-state index is 0.125. The van der Waals surface area contributed by atoms with Gasteiger partial charge in [-0.3, -0.25) is 9.59 Å². The number of carboxylic acid groups (broad SMARTS) is 1. The van der Waals surface area contributed by atoms with Crippen LogP contribution in [-0.2, 0) is 16.5 Å². The minimum atomic E-state index is -4.61. The van der Waals surface area contributed by atoms with Crippen LogP contribution in [0.2, 0.25) is 0 Å². The van der Waals surface area contributed by atoms with Crippen molar-refractivity contribution in [3.8, 4) is 5.75 Å². The number of pyridine rings is 1. The SMILES string of the molecule is C=CCC[C@](C)(Nc1ccc(C(=O)NC[C@H]2CC[C@H](C(=O)O)CC2)cc1C)c1nc(C(F)(F)F)ccc1OC. The van der Waals surface area contributed by atoms with Crippen molar-refractivity contribution >= 4 is 17.6 Å². The number of halogens is 3. The second kappa shape index (κ2) is 12.5. The number of hydrogen-bond donors (Lipinski definition) is 3. The van der Waals surface area contributed by atoms with E-state index in [-0.39, 0.29) is 29.2 Å². The number of ether oxygens (including phenoxy) is 1. The van der Waals surface area contributed by atoms with Gasteiger partial charge in [0.2, 0.25) is 0 Å². The van der Waals surface area contributed by atoms with Crippen LogP contribution in [0.5, 0.6) is 5.75 Å². The Balaban J connectivity index is 1.78. The van der Waals surface area contributed by atoms with Gasteiger partial charge in [-0.15, -0.1) is 6.58 Å². The van der Waals surface area contributed by atoms with E-state index in [1.807, 2.05) is 6.92 Å². The third kappa shape index (κ3) is 7.52. The van der Waals surface area contributed by atoms with Crippen LogP contribution in [-0.4, -0.2) is 35.6 Å². The lowest BCUT2D eigenvalue weighted by Gasteiger charge is -2.33. The summed E-state index contributed by atoms with van der Waals surface area (Å²) in [5.74, 6) is -0.826. The second-order valence-corrected chi connectivity index (χ2v) is 10.3. The van der Waals surface area contributed by atoms with E-state index in [4.69, 9.17) is 9.84 Å². The van der Waals surface area contributed by atoms with Gasteiger partial charge < -0.3 is 20.5 Å². The van der Waals surface area contributed by atoms with E-state index in [1.165, 1.54) is 13.2 Å². The molecule has 3 N–H and O–H groups in total. The molecule has 1 amide bonds. The number of hydrogen-bond acceptors (Lipinski definition) is 5. The third-order valence-corrected chi connectivity index (χ3v) is 7.39. The van der Waals surface area contributed by atoms with Gasteiger partial charge in [0.1, 0.15) is 17.1 Å². The van der Waals surface area contributed by atoms with Gasteiger partial charge in [-0.1, -0.05) is 6.08 Å². The molecule has 1 atom stereocenters. The molecule has 0 aliphatic heterocycles. The highest BCUT2D eigenvalue weighted by molar-refractivity contribution is 5.94. The summed E-state index contributed by atoms with van der Waals surface area (Å²) in [6.07, 6.45) is 0.739. The Bertz CT molecular complexity index is 1190. The molecule has 1 fully saturated rings. The number of nitrogens with one attached hydrogen (secondary N) is 2. The zero-order valence-electron chi connectivity index (χ0n) is 22.5. The quantitative estimate of drug-likeness (QED) is 0.284. The molecular weight excluding hydrogens is 511 g/mol. The van der Waals surface area contributed by atoms with Crippen LogP contribution in [0.4, 0.5) is 18.9 Å². The fourth-order valence-corrected chi connectivity index (χ4v) is 4.99. The van der Waals surface area contributed by atoms with Crippen LogP contribution in [0.25, 0.3) is 0 Å². The number of amides is 1. The van der Waals surface area contributed by atoms with E-state index in [0.29, 0.717) is 43.5 Å². The molecule has 7 nitrogen and oxygen atoms in total. The maximum atomic E-state index is 13.5. The molecule has 1 saturated carbocycles. The van der Waals surface area contributed by atoms with Crippen LogP contribution in [0.3, 0.4) is 0 Å². The normalized spacial score (nSPS) is 19.0. The average molecular weight is 548 g/mol. The number of alkyl halides is 3. The standard InChI is InChI=1S/C29H36F3N3O4/c1-5-6-15-28(3,25-23(39-4)13-14-24(34-25)29(30,31)32)35-22-12-11-21(16-18(22)2)26(36)33-17-19-7-9-20(10-8-19)27(37)38/h5,11-14,16,19-20,35H,1,6-10,15,17H2,2-4H3,(H,33,36)(H,37,38)/t19-,20-,28-/m0/s1. The van der Waals surface area contributed by atoms with Crippen LogP contribution < -0.4 is 15.4 Å². The number of rotatable bonds is 11. The van der Waals surface area contributed by atoms with E-state index in [1.54, 1.807) is 31.2 Å². The summed E-state index contributed by atoms with van der Waals surface area (Å²) in [6.45, 7) is 7.80. The summed E-state index contributed by atoms with van der Waals surface area (Å²) in [4.78, 5) is 27.9. The molecule has 1 aromatic heterocycles. The van der Waals surface area contributed by atoms with Crippen LogP contribution >= 0.6 is 0 Å². The van der Waals surface area contributed by atoms with Crippen molar-refractivity contribution in [3.05, 3.63) is 65.5 Å².